The third kappa shape index (κ3) is 3.42. The highest BCUT2D eigenvalue weighted by molar-refractivity contribution is 7.85. The smallest absolute Gasteiger partial charge is 0.173 e. The van der Waals surface area contributed by atoms with Crippen LogP contribution in [-0.4, -0.2) is 14.4 Å². The minimum Gasteiger partial charge on any atom is -0.309 e. The first kappa shape index (κ1) is 24.3. The Bertz CT molecular complexity index is 2610. The van der Waals surface area contributed by atoms with Crippen LogP contribution in [-0.2, 0) is 4.57 Å². The summed E-state index contributed by atoms with van der Waals surface area (Å²) in [6.07, 6.45) is 3.68. The predicted molar refractivity (Wildman–Crippen MR) is 180 cm³/mol. The van der Waals surface area contributed by atoms with Crippen LogP contribution in [0.2, 0.25) is 0 Å². The molecule has 0 aliphatic rings. The Morgan fingerprint density at radius 1 is 0.535 bits per heavy atom. The number of rotatable bonds is 3. The largest absolute Gasteiger partial charge is 0.309 e. The molecular formula is C38H24N3OP. The highest BCUT2D eigenvalue weighted by atomic mass is 31.2. The monoisotopic (exact) mass is 569 g/mol. The molecule has 3 heterocycles. The number of imidazole rings is 1. The lowest BCUT2D eigenvalue weighted by atomic mass is 10.0. The summed E-state index contributed by atoms with van der Waals surface area (Å²) in [5, 5.41) is 9.71. The second-order valence-corrected chi connectivity index (χ2v) is 13.7. The summed E-state index contributed by atoms with van der Waals surface area (Å²) in [5.41, 5.74) is 3.79. The van der Waals surface area contributed by atoms with E-state index in [1.54, 1.807) is 0 Å². The van der Waals surface area contributed by atoms with Crippen molar-refractivity contribution in [3.05, 3.63) is 146 Å². The molecule has 9 rings (SSSR count). The van der Waals surface area contributed by atoms with Gasteiger partial charge >= 0.3 is 0 Å². The van der Waals surface area contributed by atoms with E-state index in [0.717, 1.165) is 65.0 Å². The SMILES string of the molecule is O=P(c1ccccc1)(c1ccc2c(ccc3ccccc32)c1)c1cncc2c1c1ccccc1n1c3ccccc3nc21. The number of para-hydroxylation sites is 3. The van der Waals surface area contributed by atoms with Crippen LogP contribution in [0.4, 0.5) is 0 Å². The molecule has 0 bridgehead atoms. The average Bonchev–Trinajstić information content (AvgIpc) is 3.48. The van der Waals surface area contributed by atoms with Gasteiger partial charge in [0.1, 0.15) is 5.65 Å². The van der Waals surface area contributed by atoms with Gasteiger partial charge in [-0.1, -0.05) is 109 Å². The molecule has 6 aromatic carbocycles. The summed E-state index contributed by atoms with van der Waals surface area (Å²) in [5.74, 6) is 0. The summed E-state index contributed by atoms with van der Waals surface area (Å²) in [6.45, 7) is 0. The molecule has 4 nitrogen and oxygen atoms in total. The normalized spacial score (nSPS) is 13.4. The van der Waals surface area contributed by atoms with Crippen molar-refractivity contribution in [3.8, 4) is 0 Å². The van der Waals surface area contributed by atoms with Gasteiger partial charge in [-0.15, -0.1) is 0 Å². The van der Waals surface area contributed by atoms with Crippen molar-refractivity contribution in [2.75, 3.05) is 0 Å². The first-order valence-corrected chi connectivity index (χ1v) is 16.1. The molecule has 0 saturated carbocycles. The van der Waals surface area contributed by atoms with Gasteiger partial charge in [-0.05, 0) is 45.8 Å². The van der Waals surface area contributed by atoms with E-state index in [1.165, 1.54) is 10.8 Å². The van der Waals surface area contributed by atoms with Crippen molar-refractivity contribution < 1.29 is 4.57 Å². The van der Waals surface area contributed by atoms with Crippen molar-refractivity contribution >= 4 is 83.0 Å². The number of hydrogen-bond donors (Lipinski definition) is 0. The number of fused-ring (bicyclic) bond motifs is 11. The minimum atomic E-state index is -3.40. The molecule has 0 spiro atoms. The first-order chi connectivity index (χ1) is 21.2. The first-order valence-electron chi connectivity index (χ1n) is 14.4. The third-order valence-corrected chi connectivity index (χ3v) is 11.7. The van der Waals surface area contributed by atoms with Crippen LogP contribution in [0.5, 0.6) is 0 Å². The average molecular weight is 570 g/mol. The molecule has 0 saturated heterocycles. The van der Waals surface area contributed by atoms with Crippen molar-refractivity contribution in [1.82, 2.24) is 14.4 Å². The topological polar surface area (TPSA) is 47.3 Å². The molecule has 1 unspecified atom stereocenters. The van der Waals surface area contributed by atoms with Crippen molar-refractivity contribution in [2.45, 2.75) is 0 Å². The zero-order valence-corrected chi connectivity index (χ0v) is 23.9. The maximum atomic E-state index is 16.0. The second-order valence-electron chi connectivity index (χ2n) is 11.0. The quantitative estimate of drug-likeness (QED) is 0.159. The van der Waals surface area contributed by atoms with Gasteiger partial charge in [0.15, 0.2) is 7.14 Å². The summed E-state index contributed by atoms with van der Waals surface area (Å²) in [4.78, 5) is 9.80. The van der Waals surface area contributed by atoms with E-state index >= 15 is 4.57 Å². The van der Waals surface area contributed by atoms with Gasteiger partial charge in [-0.25, -0.2) is 4.98 Å². The van der Waals surface area contributed by atoms with Gasteiger partial charge in [-0.3, -0.25) is 9.38 Å². The number of aromatic nitrogens is 3. The van der Waals surface area contributed by atoms with Crippen LogP contribution < -0.4 is 15.9 Å². The zero-order chi connectivity index (χ0) is 28.5. The Kier molecular flexibility index (Phi) is 5.14. The van der Waals surface area contributed by atoms with Crippen LogP contribution in [0.15, 0.2) is 146 Å². The standard InChI is InChI=1S/C38H24N3OP/c42-43(27-11-2-1-3-12-27,28-20-21-30-26(22-28)19-18-25-10-4-5-13-29(25)30)36-24-39-23-32-37(36)31-14-6-8-16-34(31)41-35-17-9-7-15-33(35)40-38(32)41/h1-24H. The highest BCUT2D eigenvalue weighted by Gasteiger charge is 2.33. The lowest BCUT2D eigenvalue weighted by molar-refractivity contribution is 0.592. The van der Waals surface area contributed by atoms with E-state index in [1.807, 2.05) is 79.1 Å². The molecule has 0 amide bonds. The molecule has 0 radical (unpaired) electrons. The highest BCUT2D eigenvalue weighted by Crippen LogP contribution is 2.46. The Morgan fingerprint density at radius 2 is 1.23 bits per heavy atom. The molecule has 0 aliphatic carbocycles. The van der Waals surface area contributed by atoms with Gasteiger partial charge in [-0.2, -0.15) is 0 Å². The number of hydrogen-bond acceptors (Lipinski definition) is 3. The summed E-state index contributed by atoms with van der Waals surface area (Å²) >= 11 is 0. The molecule has 43 heavy (non-hydrogen) atoms. The Morgan fingerprint density at radius 3 is 2.12 bits per heavy atom. The molecule has 0 aliphatic heterocycles. The van der Waals surface area contributed by atoms with Crippen LogP contribution in [0, 0.1) is 0 Å². The Labute approximate surface area is 247 Å². The fourth-order valence-corrected chi connectivity index (χ4v) is 9.57. The fraction of sp³-hybridized carbons (Fsp3) is 0. The van der Waals surface area contributed by atoms with Crippen LogP contribution in [0.1, 0.15) is 0 Å². The van der Waals surface area contributed by atoms with Gasteiger partial charge in [0, 0.05) is 44.5 Å². The molecule has 9 aromatic rings. The number of benzene rings is 6. The summed E-state index contributed by atoms with van der Waals surface area (Å²) in [6, 6.07) is 45.3. The molecule has 0 fully saturated rings. The van der Waals surface area contributed by atoms with E-state index in [9.17, 15) is 0 Å². The lowest BCUT2D eigenvalue weighted by Gasteiger charge is -2.23. The summed E-state index contributed by atoms with van der Waals surface area (Å²) in [7, 11) is -3.40. The molecule has 1 atom stereocenters. The van der Waals surface area contributed by atoms with Crippen molar-refractivity contribution in [1.29, 1.82) is 0 Å². The third-order valence-electron chi connectivity index (χ3n) is 8.69. The maximum absolute atomic E-state index is 16.0. The molecule has 5 heteroatoms. The molecular weight excluding hydrogens is 545 g/mol. The van der Waals surface area contributed by atoms with E-state index in [0.29, 0.717) is 0 Å². The van der Waals surface area contributed by atoms with Crippen LogP contribution >= 0.6 is 7.14 Å². The lowest BCUT2D eigenvalue weighted by Crippen LogP contribution is -2.26. The van der Waals surface area contributed by atoms with E-state index in [4.69, 9.17) is 9.97 Å². The van der Waals surface area contributed by atoms with Crippen molar-refractivity contribution in [2.24, 2.45) is 0 Å². The van der Waals surface area contributed by atoms with Crippen molar-refractivity contribution in [3.63, 3.8) is 0 Å². The predicted octanol–water partition coefficient (Wildman–Crippen LogP) is 8.13. The van der Waals surface area contributed by atoms with Gasteiger partial charge in [0.05, 0.1) is 16.6 Å². The Hall–Kier alpha value is -5.31. The number of nitrogens with zero attached hydrogens (tertiary/aromatic N) is 3. The van der Waals surface area contributed by atoms with Crippen LogP contribution in [0.25, 0.3) is 59.9 Å². The fourth-order valence-electron chi connectivity index (χ4n) is 6.73. The Balaban J connectivity index is 1.43. The number of pyridine rings is 2. The van der Waals surface area contributed by atoms with E-state index in [2.05, 4.69) is 71.1 Å². The minimum absolute atomic E-state index is 0.724. The maximum Gasteiger partial charge on any atom is 0.173 e. The molecule has 3 aromatic heterocycles. The summed E-state index contributed by atoms with van der Waals surface area (Å²) < 4.78 is 18.2. The van der Waals surface area contributed by atoms with Gasteiger partial charge in [0.25, 0.3) is 0 Å². The molecule has 0 N–H and O–H groups in total. The second kappa shape index (κ2) is 9.09. The van der Waals surface area contributed by atoms with E-state index < -0.39 is 7.14 Å². The molecule has 202 valence electrons. The van der Waals surface area contributed by atoms with Gasteiger partial charge < -0.3 is 4.57 Å². The van der Waals surface area contributed by atoms with Gasteiger partial charge in [0.2, 0.25) is 0 Å². The van der Waals surface area contributed by atoms with Crippen LogP contribution in [0.3, 0.4) is 0 Å². The zero-order valence-electron chi connectivity index (χ0n) is 23.1. The van der Waals surface area contributed by atoms with E-state index in [-0.39, 0.29) is 0 Å².